The number of benzene rings is 2. The fraction of sp³-hybridized carbons (Fsp3) is 0.0667. The summed E-state index contributed by atoms with van der Waals surface area (Å²) in [5, 5.41) is 0.749. The Morgan fingerprint density at radius 1 is 1.14 bits per heavy atom. The van der Waals surface area contributed by atoms with E-state index in [4.69, 9.17) is 10.6 Å². The number of hydrazine groups is 1. The molecule has 0 aliphatic rings. The Hall–Kier alpha value is -2.73. The quantitative estimate of drug-likeness (QED) is 0.571. The first-order valence-corrected chi connectivity index (χ1v) is 6.35. The number of ether oxygens (including phenoxy) is 1. The van der Waals surface area contributed by atoms with E-state index in [1.54, 1.807) is 19.1 Å². The summed E-state index contributed by atoms with van der Waals surface area (Å²) < 4.78 is 19.1. The summed E-state index contributed by atoms with van der Waals surface area (Å²) in [6.07, 6.45) is 0. The highest BCUT2D eigenvalue weighted by atomic mass is 19.1. The van der Waals surface area contributed by atoms with Gasteiger partial charge >= 0.3 is 0 Å². The number of hydrogen-bond acceptors (Lipinski definition) is 5. The van der Waals surface area contributed by atoms with Gasteiger partial charge in [-0.2, -0.15) is 4.98 Å². The second-order valence-corrected chi connectivity index (χ2v) is 4.53. The van der Waals surface area contributed by atoms with Gasteiger partial charge in [0.25, 0.3) is 0 Å². The van der Waals surface area contributed by atoms with Crippen LogP contribution in [0.3, 0.4) is 0 Å². The van der Waals surface area contributed by atoms with Crippen LogP contribution in [0.4, 0.5) is 10.3 Å². The molecule has 106 valence electrons. The largest absolute Gasteiger partial charge is 0.438 e. The number of aryl methyl sites for hydroxylation is 1. The number of rotatable bonds is 3. The molecule has 5 nitrogen and oxygen atoms in total. The van der Waals surface area contributed by atoms with Crippen LogP contribution in [0.1, 0.15) is 5.56 Å². The summed E-state index contributed by atoms with van der Waals surface area (Å²) in [6, 6.07) is 11.9. The maximum Gasteiger partial charge on any atom is 0.241 e. The molecular formula is C15H13FN4O. The Morgan fingerprint density at radius 3 is 2.71 bits per heavy atom. The second-order valence-electron chi connectivity index (χ2n) is 4.53. The predicted octanol–water partition coefficient (Wildman–Crippen LogP) is 3.16. The van der Waals surface area contributed by atoms with Crippen LogP contribution in [0.15, 0.2) is 42.5 Å². The van der Waals surface area contributed by atoms with E-state index in [1.807, 2.05) is 24.3 Å². The lowest BCUT2D eigenvalue weighted by molar-refractivity contribution is 0.466. The fourth-order valence-corrected chi connectivity index (χ4v) is 1.98. The van der Waals surface area contributed by atoms with Crippen molar-refractivity contribution in [3.63, 3.8) is 0 Å². The molecule has 0 spiro atoms. The molecule has 3 aromatic rings. The van der Waals surface area contributed by atoms with Gasteiger partial charge in [0.2, 0.25) is 11.8 Å². The Labute approximate surface area is 120 Å². The highest BCUT2D eigenvalue weighted by Crippen LogP contribution is 2.29. The lowest BCUT2D eigenvalue weighted by Crippen LogP contribution is -2.11. The minimum absolute atomic E-state index is 0.252. The highest BCUT2D eigenvalue weighted by Gasteiger charge is 2.10. The normalized spacial score (nSPS) is 10.6. The number of hydrogen-bond donors (Lipinski definition) is 2. The lowest BCUT2D eigenvalue weighted by atomic mass is 10.2. The molecule has 3 rings (SSSR count). The molecule has 3 N–H and O–H groups in total. The maximum atomic E-state index is 13.3. The summed E-state index contributed by atoms with van der Waals surface area (Å²) in [5.41, 5.74) is 3.61. The monoisotopic (exact) mass is 284 g/mol. The zero-order chi connectivity index (χ0) is 14.8. The van der Waals surface area contributed by atoms with E-state index in [0.717, 1.165) is 5.39 Å². The highest BCUT2D eigenvalue weighted by molar-refractivity contribution is 5.84. The van der Waals surface area contributed by atoms with Gasteiger partial charge in [0.05, 0.1) is 10.9 Å². The number of nitrogens with one attached hydrogen (secondary N) is 1. The van der Waals surface area contributed by atoms with Gasteiger partial charge in [0.15, 0.2) is 0 Å². The summed E-state index contributed by atoms with van der Waals surface area (Å²) in [4.78, 5) is 8.44. The molecule has 0 bridgehead atoms. The molecule has 2 aromatic carbocycles. The second kappa shape index (κ2) is 5.34. The van der Waals surface area contributed by atoms with Crippen molar-refractivity contribution in [1.29, 1.82) is 0 Å². The van der Waals surface area contributed by atoms with Gasteiger partial charge in [-0.25, -0.2) is 15.2 Å². The van der Waals surface area contributed by atoms with Gasteiger partial charge in [-0.15, -0.1) is 0 Å². The van der Waals surface area contributed by atoms with Crippen molar-refractivity contribution in [3.8, 4) is 11.6 Å². The first-order chi connectivity index (χ1) is 10.2. The molecule has 0 aliphatic heterocycles. The fourth-order valence-electron chi connectivity index (χ4n) is 1.98. The molecule has 0 amide bonds. The Balaban J connectivity index is 2.08. The number of halogens is 1. The SMILES string of the molecule is Cc1cc(Oc2nc(NN)nc3ccccc23)ccc1F. The van der Waals surface area contributed by atoms with Crippen LogP contribution in [0.2, 0.25) is 0 Å². The minimum atomic E-state index is -0.279. The molecule has 0 aliphatic carbocycles. The third kappa shape index (κ3) is 2.61. The molecule has 21 heavy (non-hydrogen) atoms. The number of fused-ring (bicyclic) bond motifs is 1. The molecule has 1 aromatic heterocycles. The number of para-hydroxylation sites is 1. The van der Waals surface area contributed by atoms with E-state index in [1.165, 1.54) is 6.07 Å². The number of nitrogens with zero attached hydrogens (tertiary/aromatic N) is 2. The molecule has 6 heteroatoms. The molecular weight excluding hydrogens is 271 g/mol. The third-order valence-corrected chi connectivity index (χ3v) is 3.04. The summed E-state index contributed by atoms with van der Waals surface area (Å²) >= 11 is 0. The Kier molecular flexibility index (Phi) is 3.37. The van der Waals surface area contributed by atoms with Gasteiger partial charge in [-0.05, 0) is 42.8 Å². The average molecular weight is 284 g/mol. The van der Waals surface area contributed by atoms with Crippen molar-refractivity contribution in [2.45, 2.75) is 6.92 Å². The van der Waals surface area contributed by atoms with Crippen molar-refractivity contribution in [3.05, 3.63) is 53.8 Å². The van der Waals surface area contributed by atoms with Gasteiger partial charge in [-0.1, -0.05) is 12.1 Å². The molecule has 0 saturated carbocycles. The van der Waals surface area contributed by atoms with Gasteiger partial charge < -0.3 is 4.74 Å². The van der Waals surface area contributed by atoms with E-state index in [9.17, 15) is 4.39 Å². The Bertz CT molecular complexity index is 807. The first-order valence-electron chi connectivity index (χ1n) is 6.35. The van der Waals surface area contributed by atoms with Crippen LogP contribution in [-0.2, 0) is 0 Å². The topological polar surface area (TPSA) is 73.1 Å². The van der Waals surface area contributed by atoms with E-state index in [-0.39, 0.29) is 11.8 Å². The van der Waals surface area contributed by atoms with Crippen LogP contribution in [0, 0.1) is 12.7 Å². The minimum Gasteiger partial charge on any atom is -0.438 e. The third-order valence-electron chi connectivity index (χ3n) is 3.04. The summed E-state index contributed by atoms with van der Waals surface area (Å²) in [5.74, 6) is 6.20. The standard InChI is InChI=1S/C15H13FN4O/c1-9-8-10(6-7-12(9)16)21-14-11-4-2-3-5-13(11)18-15(19-14)20-17/h2-8H,17H2,1H3,(H,18,19,20). The summed E-state index contributed by atoms with van der Waals surface area (Å²) in [6.45, 7) is 1.67. The molecule has 0 radical (unpaired) electrons. The molecule has 0 atom stereocenters. The Morgan fingerprint density at radius 2 is 1.95 bits per heavy atom. The molecule has 1 heterocycles. The van der Waals surface area contributed by atoms with Crippen molar-refractivity contribution >= 4 is 16.9 Å². The van der Waals surface area contributed by atoms with E-state index < -0.39 is 0 Å². The number of nitrogens with two attached hydrogens (primary N) is 1. The lowest BCUT2D eigenvalue weighted by Gasteiger charge is -2.10. The average Bonchev–Trinajstić information content (AvgIpc) is 2.51. The van der Waals surface area contributed by atoms with Gasteiger partial charge in [0.1, 0.15) is 11.6 Å². The van der Waals surface area contributed by atoms with E-state index >= 15 is 0 Å². The first kappa shape index (κ1) is 13.3. The van der Waals surface area contributed by atoms with Crippen LogP contribution in [0.25, 0.3) is 10.9 Å². The van der Waals surface area contributed by atoms with Gasteiger partial charge in [0, 0.05) is 0 Å². The zero-order valence-electron chi connectivity index (χ0n) is 11.3. The van der Waals surface area contributed by atoms with E-state index in [2.05, 4.69) is 15.4 Å². The van der Waals surface area contributed by atoms with Crippen LogP contribution in [-0.4, -0.2) is 9.97 Å². The maximum absolute atomic E-state index is 13.3. The van der Waals surface area contributed by atoms with Crippen molar-refractivity contribution in [2.24, 2.45) is 5.84 Å². The van der Waals surface area contributed by atoms with Crippen molar-refractivity contribution < 1.29 is 9.13 Å². The molecule has 0 unspecified atom stereocenters. The van der Waals surface area contributed by atoms with Crippen molar-refractivity contribution in [2.75, 3.05) is 5.43 Å². The van der Waals surface area contributed by atoms with Crippen LogP contribution >= 0.6 is 0 Å². The molecule has 0 fully saturated rings. The number of aromatic nitrogens is 2. The smallest absolute Gasteiger partial charge is 0.241 e. The van der Waals surface area contributed by atoms with Crippen molar-refractivity contribution in [1.82, 2.24) is 9.97 Å². The van der Waals surface area contributed by atoms with Crippen LogP contribution < -0.4 is 16.0 Å². The van der Waals surface area contributed by atoms with Crippen LogP contribution in [0.5, 0.6) is 11.6 Å². The molecule has 0 saturated heterocycles. The number of nitrogen functional groups attached to an aromatic ring is 1. The predicted molar refractivity (Wildman–Crippen MR) is 78.6 cm³/mol. The zero-order valence-corrected chi connectivity index (χ0v) is 11.3. The van der Waals surface area contributed by atoms with Gasteiger partial charge in [-0.3, -0.25) is 5.43 Å². The van der Waals surface area contributed by atoms with E-state index in [0.29, 0.717) is 22.7 Å². The summed E-state index contributed by atoms with van der Waals surface area (Å²) in [7, 11) is 0. The number of anilines is 1.